The minimum atomic E-state index is 0.147. The highest BCUT2D eigenvalue weighted by Gasteiger charge is 2.82. The maximum absolute atomic E-state index is 6.11. The van der Waals surface area contributed by atoms with Gasteiger partial charge in [0.25, 0.3) is 0 Å². The molecule has 40 fully saturated rings. The van der Waals surface area contributed by atoms with Gasteiger partial charge in [-0.05, 0) is 455 Å². The van der Waals surface area contributed by atoms with Gasteiger partial charge in [-0.2, -0.15) is 35.3 Å². The van der Waals surface area contributed by atoms with Crippen LogP contribution in [0.15, 0.2) is 0 Å². The lowest BCUT2D eigenvalue weighted by atomic mass is 9.56. The molecule has 20 aliphatic carbocycles. The van der Waals surface area contributed by atoms with Crippen molar-refractivity contribution in [3.8, 4) is 0 Å². The average molecular weight is 2170 g/mol. The van der Waals surface area contributed by atoms with Crippen LogP contribution in [0.3, 0.4) is 0 Å². The van der Waals surface area contributed by atoms with E-state index >= 15 is 0 Å². The van der Waals surface area contributed by atoms with Crippen LogP contribution in [-0.4, -0.2) is 265 Å². The third-order valence-corrected chi connectivity index (χ3v) is 64.8. The van der Waals surface area contributed by atoms with Gasteiger partial charge in [-0.1, -0.05) is 48.5 Å². The van der Waals surface area contributed by atoms with Gasteiger partial charge in [0.2, 0.25) is 0 Å². The van der Waals surface area contributed by atoms with Gasteiger partial charge < -0.3 is 75.8 Å². The van der Waals surface area contributed by atoms with E-state index in [-0.39, 0.29) is 44.8 Å². The standard InChI is InChI=1S/C18H30OS2.C16H26O2.C14H22O2.C12H18O4.C12H18O2.C12H18S2.C11H16OS.2C10H14O2.C10H14S2/c1-6-18-10-11(9-12(19-5)15(18)21-18)14-16(2,3)8-7-13-17(14,4)20-13;1-13(2)7-9(15(5)11(13)17-15)10-8-14(3,4)12-16(10,6)18-12;1-11-6-5-10(14(11,4)16-11)9-7-12(2)13(3,8-9)15-12;1-13-7-3-5(9-11(7)15-9)6-4-8(14-2)12-10(6)16-12;2*1-11-5-3-7(9(11)13-11)8-4-6-12(2)10(8)14-12;1-11-5-4-7(10(11)12-11)6-2-3-8-9(6)13-8;1-3-7-9(11-7)5(1)6-2-4-8-10(6)12-8;1-2-7-10(12-7)6(1)5-3-8-9(4-5)11-8;1-3-7-9(11-7)5(1)6-2-4-8-10(6)12-8/h11-15H,6-10H2,1-5H3;9-12H,7-8H2,1-6H3;9-10H,5-8H2,1-4H3;5-12H,3-4H2,1-2H3;2*7-10H,3-6H2,1-2H3;6-10H,2-5H2,1H3;3*5-10H,1-4H2. The SMILES string of the molecule is C1C(C2CCC3OC32)CC2OC12.C1CC(C2CCC3OC32)C2OC12.C1CC(C2CCC3SC32)C2SC12.CC1(C)CC(C2CC(C)(C)C3OC23C)C2(C)OC12.CC12CC(C3CCC4(C)OC34C)CC1(C)O2.CC12CCC(C3CCC4(C)OC34)C1O2.CC12CCC(C3CCC4(C)SC34)C1S2.CC12CCC(C3CCC4SC43)C1O2.CCC12CC(C3C(C)(C)CCC4SC43C)CC(OC)C1S2.COC1CC(C2CC(OC)C3OC23)C2OC12. The van der Waals surface area contributed by atoms with Crippen molar-refractivity contribution in [3.05, 3.63) is 0 Å². The maximum atomic E-state index is 6.11. The van der Waals surface area contributed by atoms with Crippen molar-refractivity contribution in [2.75, 3.05) is 21.3 Å². The van der Waals surface area contributed by atoms with Crippen molar-refractivity contribution in [1.29, 1.82) is 0 Å². The molecule has 20 aliphatic heterocycles. The van der Waals surface area contributed by atoms with Crippen molar-refractivity contribution in [3.63, 3.8) is 0 Å². The highest BCUT2D eigenvalue weighted by atomic mass is 32.2. The molecule has 0 aromatic heterocycles. The van der Waals surface area contributed by atoms with E-state index in [2.05, 4.69) is 214 Å². The third kappa shape index (κ3) is 16.9. The molecule has 20 heterocycles. The van der Waals surface area contributed by atoms with Crippen LogP contribution in [0.2, 0.25) is 0 Å². The van der Waals surface area contributed by atoms with Crippen LogP contribution in [0.25, 0.3) is 0 Å². The summed E-state index contributed by atoms with van der Waals surface area (Å²) in [4.78, 5) is 0. The predicted molar refractivity (Wildman–Crippen MR) is 593 cm³/mol. The monoisotopic (exact) mass is 2170 g/mol. The van der Waals surface area contributed by atoms with Gasteiger partial charge in [-0.3, -0.25) is 0 Å². The van der Waals surface area contributed by atoms with Crippen LogP contribution < -0.4 is 0 Å². The first-order chi connectivity index (χ1) is 70.4. The molecule has 0 aromatic rings. The highest BCUT2D eigenvalue weighted by molar-refractivity contribution is 8.10. The van der Waals surface area contributed by atoms with E-state index in [1.165, 1.54) is 186 Å². The Morgan fingerprint density at radius 2 is 0.730 bits per heavy atom. The second-order valence-electron chi connectivity index (χ2n) is 62.5. The molecule has 0 radical (unpaired) electrons. The zero-order valence-corrected chi connectivity index (χ0v) is 100. The summed E-state index contributed by atoms with van der Waals surface area (Å²) in [6.45, 7) is 45.3. The first kappa shape index (κ1) is 103. The lowest BCUT2D eigenvalue weighted by Crippen LogP contribution is -2.49. The average Bonchev–Trinajstić information content (AvgIpc) is 1.48. The Morgan fingerprint density at radius 1 is 0.291 bits per heavy atom. The highest BCUT2D eigenvalue weighted by Crippen LogP contribution is 2.80. The largest absolute Gasteiger partial charge is 0.380 e. The van der Waals surface area contributed by atoms with Crippen LogP contribution in [0.5, 0.6) is 0 Å². The fraction of sp³-hybridized carbons (Fsp3) is 1.00. The van der Waals surface area contributed by atoms with E-state index in [1.807, 2.05) is 7.11 Å². The van der Waals surface area contributed by atoms with Gasteiger partial charge in [0.05, 0.1) is 160 Å². The molecule has 0 spiro atoms. The first-order valence-corrected chi connectivity index (χ1v) is 68.8. The number of hydrogen-bond donors (Lipinski definition) is 0. The van der Waals surface area contributed by atoms with E-state index in [0.717, 1.165) is 170 Å². The second-order valence-corrected chi connectivity index (χ2v) is 73.3. The summed E-state index contributed by atoms with van der Waals surface area (Å²) in [6.07, 6.45) is 62.2. The fourth-order valence-electron chi connectivity index (χ4n) is 43.0. The molecule has 16 nitrogen and oxygen atoms in total. The summed E-state index contributed by atoms with van der Waals surface area (Å²) in [5, 5.41) is 10.5. The summed E-state index contributed by atoms with van der Waals surface area (Å²) in [7, 11) is 5.51. The van der Waals surface area contributed by atoms with Crippen LogP contribution in [0.1, 0.15) is 369 Å². The fourth-order valence-corrected chi connectivity index (χ4v) is 53.9. The molecule has 828 valence electrons. The number of epoxide rings is 13. The van der Waals surface area contributed by atoms with Crippen molar-refractivity contribution in [1.82, 2.24) is 0 Å². The van der Waals surface area contributed by atoms with Gasteiger partial charge in [-0.15, -0.1) is 47.0 Å². The molecule has 20 saturated carbocycles. The molecule has 0 amide bonds. The van der Waals surface area contributed by atoms with Gasteiger partial charge in [-0.25, -0.2) is 0 Å². The molecule has 23 heteroatoms. The van der Waals surface area contributed by atoms with Gasteiger partial charge >= 0.3 is 0 Å². The van der Waals surface area contributed by atoms with Crippen molar-refractivity contribution in [2.45, 2.75) is 613 Å². The lowest BCUT2D eigenvalue weighted by Gasteiger charge is -2.49. The number of fused-ring (bicyclic) bond motifs is 20. The molecule has 0 aromatic carbocycles. The summed E-state index contributed by atoms with van der Waals surface area (Å²) in [6, 6.07) is 0. The molecular formula is C125H190O16S7. The first-order valence-electron chi connectivity index (χ1n) is 62.4. The minimum Gasteiger partial charge on any atom is -0.380 e. The Bertz CT molecular complexity index is 4830. The van der Waals surface area contributed by atoms with Crippen LogP contribution >= 0.6 is 82.3 Å². The molecule has 148 heavy (non-hydrogen) atoms. The normalized spacial score (nSPS) is 65.1. The zero-order chi connectivity index (χ0) is 101. The van der Waals surface area contributed by atoms with E-state index in [4.69, 9.17) is 75.8 Å². The number of ether oxygens (including phenoxy) is 16. The van der Waals surface area contributed by atoms with Crippen molar-refractivity contribution < 1.29 is 75.8 Å². The molecule has 40 aliphatic rings. The quantitative estimate of drug-likeness (QED) is 0.149. The maximum Gasteiger partial charge on any atom is 0.111 e. The van der Waals surface area contributed by atoms with E-state index in [9.17, 15) is 0 Å². The molecule has 20 saturated heterocycles. The van der Waals surface area contributed by atoms with Gasteiger partial charge in [0, 0.05) is 92.8 Å². The topological polar surface area (TPSA) is 191 Å². The Morgan fingerprint density at radius 3 is 1.06 bits per heavy atom. The number of thioether (sulfide) groups is 7. The number of hydrogen-bond acceptors (Lipinski definition) is 23. The van der Waals surface area contributed by atoms with Crippen LogP contribution in [0, 0.1) is 135 Å². The predicted octanol–water partition coefficient (Wildman–Crippen LogP) is 25.5. The summed E-state index contributed by atoms with van der Waals surface area (Å²) >= 11 is 15.9. The number of methoxy groups -OCH3 is 3. The van der Waals surface area contributed by atoms with Crippen molar-refractivity contribution >= 4 is 82.3 Å². The van der Waals surface area contributed by atoms with Crippen molar-refractivity contribution in [2.24, 2.45) is 135 Å². The third-order valence-electron chi connectivity index (χ3n) is 52.7. The molecule has 61 atom stereocenters. The molecule has 0 bridgehead atoms. The Labute approximate surface area is 919 Å². The second kappa shape index (κ2) is 34.3. The van der Waals surface area contributed by atoms with E-state index in [0.29, 0.717) is 177 Å². The van der Waals surface area contributed by atoms with E-state index in [1.54, 1.807) is 52.7 Å². The Hall–Kier alpha value is 1.81. The van der Waals surface area contributed by atoms with Crippen LogP contribution in [0.4, 0.5) is 0 Å². The lowest BCUT2D eigenvalue weighted by molar-refractivity contribution is -0.00364. The molecule has 61 unspecified atom stereocenters. The smallest absolute Gasteiger partial charge is 0.111 e. The van der Waals surface area contributed by atoms with Gasteiger partial charge in [0.15, 0.2) is 0 Å². The van der Waals surface area contributed by atoms with E-state index < -0.39 is 0 Å². The molecule has 0 N–H and O–H groups in total. The number of rotatable bonds is 14. The summed E-state index contributed by atoms with van der Waals surface area (Å²) in [5.41, 5.74) is 3.21. The summed E-state index contributed by atoms with van der Waals surface area (Å²) in [5.74, 6) is 17.7. The summed E-state index contributed by atoms with van der Waals surface area (Å²) < 4.78 is 94.6. The zero-order valence-electron chi connectivity index (χ0n) is 94.4. The Kier molecular flexibility index (Phi) is 23.8. The van der Waals surface area contributed by atoms with Crippen LogP contribution in [-0.2, 0) is 75.8 Å². The minimum absolute atomic E-state index is 0.147. The van der Waals surface area contributed by atoms with Gasteiger partial charge in [0.1, 0.15) is 12.2 Å². The molecular weight excluding hydrogens is 1980 g/mol. The molecule has 40 rings (SSSR count). The Balaban J connectivity index is 0.0000000746.